The molecule has 1 aromatic heterocycles. The van der Waals surface area contributed by atoms with Crippen LogP contribution < -0.4 is 0 Å². The number of aromatic carboxylic acids is 1. The second-order valence-corrected chi connectivity index (χ2v) is 1.44. The quantitative estimate of drug-likeness (QED) is 0.583. The Kier molecular flexibility index (Phi) is 1.14. The van der Waals surface area contributed by atoms with E-state index < -0.39 is 5.97 Å². The van der Waals surface area contributed by atoms with Crippen LogP contribution in [0.25, 0.3) is 0 Å². The normalized spacial score (nSPS) is 9.33. The average Bonchev–Trinajstić information content (AvgIpc) is 2.14. The summed E-state index contributed by atoms with van der Waals surface area (Å²) < 4.78 is 4.30. The van der Waals surface area contributed by atoms with Crippen LogP contribution in [-0.2, 0) is 0 Å². The summed E-state index contributed by atoms with van der Waals surface area (Å²) in [5.74, 6) is -1.82. The first-order valence-corrected chi connectivity index (χ1v) is 2.22. The van der Waals surface area contributed by atoms with Crippen molar-refractivity contribution in [2.45, 2.75) is 0 Å². The van der Waals surface area contributed by atoms with Crippen molar-refractivity contribution in [2.24, 2.45) is 0 Å². The topological polar surface area (TPSA) is 70.7 Å². The van der Waals surface area contributed by atoms with E-state index in [1.807, 2.05) is 0 Å². The third kappa shape index (κ3) is 1.02. The number of carboxylic acid groups (broad SMARTS) is 1. The number of rotatable bonds is 1. The van der Waals surface area contributed by atoms with Crippen molar-refractivity contribution < 1.29 is 19.4 Å². The van der Waals surface area contributed by atoms with E-state index in [0.29, 0.717) is 0 Å². The lowest BCUT2D eigenvalue weighted by Gasteiger charge is -1.81. The summed E-state index contributed by atoms with van der Waals surface area (Å²) in [7, 11) is 0. The first kappa shape index (κ1) is 5.68. The van der Waals surface area contributed by atoms with Gasteiger partial charge < -0.3 is 14.6 Å². The number of hydrogen-bond acceptors (Lipinski definition) is 3. The standard InChI is InChI=1S/C5H4O4/c6-4-2-1-3(9-4)5(7)8/h1-2,6H,(H,7,8). The summed E-state index contributed by atoms with van der Waals surface area (Å²) in [4.78, 5) is 10.0. The third-order valence-electron chi connectivity index (χ3n) is 0.803. The highest BCUT2D eigenvalue weighted by molar-refractivity contribution is 5.84. The van der Waals surface area contributed by atoms with Gasteiger partial charge in [-0.1, -0.05) is 0 Å². The van der Waals surface area contributed by atoms with Crippen molar-refractivity contribution in [1.82, 2.24) is 0 Å². The first-order chi connectivity index (χ1) is 4.20. The molecule has 9 heavy (non-hydrogen) atoms. The van der Waals surface area contributed by atoms with Crippen LogP contribution in [0.5, 0.6) is 5.95 Å². The monoisotopic (exact) mass is 128 g/mol. The Labute approximate surface area is 50.3 Å². The third-order valence-corrected chi connectivity index (χ3v) is 0.803. The Hall–Kier alpha value is -1.45. The summed E-state index contributed by atoms with van der Waals surface area (Å²) in [5.41, 5.74) is 0. The van der Waals surface area contributed by atoms with Gasteiger partial charge in [-0.25, -0.2) is 4.79 Å². The summed E-state index contributed by atoms with van der Waals surface area (Å²) >= 11 is 0. The second-order valence-electron chi connectivity index (χ2n) is 1.44. The zero-order chi connectivity index (χ0) is 6.85. The SMILES string of the molecule is O=C(O)c1ccc(O)o1. The smallest absolute Gasteiger partial charge is 0.371 e. The van der Waals surface area contributed by atoms with E-state index in [2.05, 4.69) is 4.42 Å². The molecule has 0 amide bonds. The molecule has 0 saturated carbocycles. The van der Waals surface area contributed by atoms with E-state index in [1.165, 1.54) is 12.1 Å². The fourth-order valence-corrected chi connectivity index (χ4v) is 0.443. The van der Waals surface area contributed by atoms with Crippen LogP contribution >= 0.6 is 0 Å². The van der Waals surface area contributed by atoms with Crippen LogP contribution in [-0.4, -0.2) is 16.2 Å². The lowest BCUT2D eigenvalue weighted by Crippen LogP contribution is -1.91. The molecule has 1 heterocycles. The van der Waals surface area contributed by atoms with Crippen molar-refractivity contribution in [3.05, 3.63) is 17.9 Å². The molecule has 0 aromatic carbocycles. The molecule has 0 saturated heterocycles. The van der Waals surface area contributed by atoms with E-state index in [1.54, 1.807) is 0 Å². The molecule has 0 aliphatic rings. The maximum atomic E-state index is 10.0. The molecule has 0 aliphatic carbocycles. The molecule has 0 aliphatic heterocycles. The highest BCUT2D eigenvalue weighted by Gasteiger charge is 2.06. The van der Waals surface area contributed by atoms with Gasteiger partial charge in [0.15, 0.2) is 0 Å². The second kappa shape index (κ2) is 1.81. The highest BCUT2D eigenvalue weighted by atomic mass is 16.5. The Balaban J connectivity index is 2.98. The molecule has 0 spiro atoms. The Morgan fingerprint density at radius 1 is 1.56 bits per heavy atom. The van der Waals surface area contributed by atoms with Gasteiger partial charge in [0.05, 0.1) is 0 Å². The maximum absolute atomic E-state index is 10.0. The molecule has 1 aromatic rings. The van der Waals surface area contributed by atoms with Gasteiger partial charge in [0.25, 0.3) is 5.95 Å². The predicted molar refractivity (Wildman–Crippen MR) is 27.3 cm³/mol. The molecular weight excluding hydrogens is 124 g/mol. The average molecular weight is 128 g/mol. The summed E-state index contributed by atoms with van der Waals surface area (Å²) in [6.45, 7) is 0. The first-order valence-electron chi connectivity index (χ1n) is 2.22. The molecule has 2 N–H and O–H groups in total. The van der Waals surface area contributed by atoms with E-state index in [9.17, 15) is 4.79 Å². The number of carbonyl (C=O) groups is 1. The molecular formula is C5H4O4. The minimum atomic E-state index is -1.18. The number of hydrogen-bond donors (Lipinski definition) is 2. The van der Waals surface area contributed by atoms with Crippen LogP contribution in [0.15, 0.2) is 16.5 Å². The van der Waals surface area contributed by atoms with Crippen molar-refractivity contribution in [1.29, 1.82) is 0 Å². The molecule has 0 atom stereocenters. The van der Waals surface area contributed by atoms with Gasteiger partial charge in [0, 0.05) is 6.07 Å². The Morgan fingerprint density at radius 3 is 2.44 bits per heavy atom. The van der Waals surface area contributed by atoms with Crippen LogP contribution in [0.4, 0.5) is 0 Å². The number of furan rings is 1. The minimum Gasteiger partial charge on any atom is -0.481 e. The Bertz CT molecular complexity index is 225. The highest BCUT2D eigenvalue weighted by Crippen LogP contribution is 2.12. The van der Waals surface area contributed by atoms with Crippen LogP contribution in [0.2, 0.25) is 0 Å². The molecule has 48 valence electrons. The van der Waals surface area contributed by atoms with Crippen LogP contribution in [0.1, 0.15) is 10.6 Å². The Morgan fingerprint density at radius 2 is 2.22 bits per heavy atom. The minimum absolute atomic E-state index is 0.257. The van der Waals surface area contributed by atoms with Crippen molar-refractivity contribution >= 4 is 5.97 Å². The maximum Gasteiger partial charge on any atom is 0.371 e. The zero-order valence-electron chi connectivity index (χ0n) is 4.37. The van der Waals surface area contributed by atoms with Gasteiger partial charge in [0.2, 0.25) is 5.76 Å². The van der Waals surface area contributed by atoms with Gasteiger partial charge >= 0.3 is 5.97 Å². The van der Waals surface area contributed by atoms with Crippen molar-refractivity contribution in [3.63, 3.8) is 0 Å². The summed E-state index contributed by atoms with van der Waals surface area (Å²) in [5, 5.41) is 16.7. The largest absolute Gasteiger partial charge is 0.481 e. The van der Waals surface area contributed by atoms with Crippen LogP contribution in [0, 0.1) is 0 Å². The lowest BCUT2D eigenvalue weighted by atomic mass is 10.5. The molecule has 4 nitrogen and oxygen atoms in total. The number of carboxylic acids is 1. The summed E-state index contributed by atoms with van der Waals surface area (Å²) in [6.07, 6.45) is 0. The molecule has 0 unspecified atom stereocenters. The van der Waals surface area contributed by atoms with E-state index in [0.717, 1.165) is 0 Å². The van der Waals surface area contributed by atoms with Crippen LogP contribution in [0.3, 0.4) is 0 Å². The molecule has 4 heteroatoms. The molecule has 0 bridgehead atoms. The fraction of sp³-hybridized carbons (Fsp3) is 0. The van der Waals surface area contributed by atoms with Gasteiger partial charge in [-0.2, -0.15) is 0 Å². The van der Waals surface area contributed by atoms with Gasteiger partial charge in [-0.3, -0.25) is 0 Å². The molecule has 0 fully saturated rings. The van der Waals surface area contributed by atoms with Crippen molar-refractivity contribution in [3.8, 4) is 5.95 Å². The fourth-order valence-electron chi connectivity index (χ4n) is 0.443. The molecule has 1 rings (SSSR count). The van der Waals surface area contributed by atoms with Crippen molar-refractivity contribution in [2.75, 3.05) is 0 Å². The number of aromatic hydroxyl groups is 1. The van der Waals surface area contributed by atoms with Gasteiger partial charge in [0.1, 0.15) is 0 Å². The van der Waals surface area contributed by atoms with E-state index >= 15 is 0 Å². The summed E-state index contributed by atoms with van der Waals surface area (Å²) in [6, 6.07) is 2.35. The van der Waals surface area contributed by atoms with E-state index in [-0.39, 0.29) is 11.7 Å². The lowest BCUT2D eigenvalue weighted by molar-refractivity contribution is 0.0656. The van der Waals surface area contributed by atoms with E-state index in [4.69, 9.17) is 10.2 Å². The molecule has 0 radical (unpaired) electrons. The zero-order valence-corrected chi connectivity index (χ0v) is 4.37. The predicted octanol–water partition coefficient (Wildman–Crippen LogP) is 0.683. The van der Waals surface area contributed by atoms with Gasteiger partial charge in [-0.15, -0.1) is 0 Å². The van der Waals surface area contributed by atoms with Gasteiger partial charge in [-0.05, 0) is 6.07 Å².